The van der Waals surface area contributed by atoms with Crippen molar-refractivity contribution in [1.82, 2.24) is 0 Å². The van der Waals surface area contributed by atoms with E-state index in [1.807, 2.05) is 0 Å². The zero-order chi connectivity index (χ0) is 17.0. The molecule has 0 amide bonds. The molecule has 7 heteroatoms. The summed E-state index contributed by atoms with van der Waals surface area (Å²) >= 11 is 0. The molecule has 0 atom stereocenters. The Hall–Kier alpha value is -2.28. The molecule has 3 nitrogen and oxygen atoms in total. The van der Waals surface area contributed by atoms with Crippen LogP contribution in [0.3, 0.4) is 0 Å². The van der Waals surface area contributed by atoms with Gasteiger partial charge in [0, 0.05) is 12.1 Å². The largest absolute Gasteiger partial charge is 0.573 e. The molecule has 2 N–H and O–H groups in total. The Labute approximate surface area is 130 Å². The van der Waals surface area contributed by atoms with Crippen LogP contribution < -0.4 is 15.2 Å². The van der Waals surface area contributed by atoms with Crippen molar-refractivity contribution in [2.75, 3.05) is 13.2 Å². The van der Waals surface area contributed by atoms with Crippen molar-refractivity contribution in [3.8, 4) is 22.6 Å². The lowest BCUT2D eigenvalue weighted by Gasteiger charge is -2.15. The average Bonchev–Trinajstić information content (AvgIpc) is 2.44. The number of hydrogen-bond acceptors (Lipinski definition) is 3. The van der Waals surface area contributed by atoms with Crippen LogP contribution in [0.25, 0.3) is 11.1 Å². The van der Waals surface area contributed by atoms with E-state index in [1.165, 1.54) is 24.3 Å². The summed E-state index contributed by atoms with van der Waals surface area (Å²) in [6, 6.07) is 8.32. The molecule has 0 saturated carbocycles. The maximum Gasteiger partial charge on any atom is 0.573 e. The lowest BCUT2D eigenvalue weighted by Crippen LogP contribution is -2.18. The molecule has 2 rings (SSSR count). The molecule has 0 radical (unpaired) electrons. The van der Waals surface area contributed by atoms with Crippen LogP contribution >= 0.6 is 0 Å². The molecule has 0 fully saturated rings. The van der Waals surface area contributed by atoms with Crippen LogP contribution in [0.4, 0.5) is 17.6 Å². The van der Waals surface area contributed by atoms with Gasteiger partial charge in [-0.05, 0) is 36.2 Å². The Morgan fingerprint density at radius 3 is 2.39 bits per heavy atom. The molecule has 0 aliphatic heterocycles. The van der Waals surface area contributed by atoms with Gasteiger partial charge in [0.1, 0.15) is 12.4 Å². The van der Waals surface area contributed by atoms with Crippen LogP contribution in [0.1, 0.15) is 5.56 Å². The lowest BCUT2D eigenvalue weighted by molar-refractivity contribution is -0.275. The fourth-order valence-electron chi connectivity index (χ4n) is 2.02. The minimum absolute atomic E-state index is 0.0342. The molecule has 0 bridgehead atoms. The van der Waals surface area contributed by atoms with E-state index in [9.17, 15) is 17.6 Å². The predicted molar refractivity (Wildman–Crippen MR) is 77.8 cm³/mol. The molecule has 2 aromatic carbocycles. The van der Waals surface area contributed by atoms with Crippen molar-refractivity contribution in [1.29, 1.82) is 0 Å². The first kappa shape index (κ1) is 17.1. The Bertz CT molecular complexity index is 686. The van der Waals surface area contributed by atoms with Crippen LogP contribution in [-0.2, 0) is 0 Å². The fraction of sp³-hybridized carbons (Fsp3) is 0.250. The van der Waals surface area contributed by atoms with Crippen LogP contribution in [0.5, 0.6) is 11.5 Å². The van der Waals surface area contributed by atoms with Gasteiger partial charge in [-0.15, -0.1) is 13.2 Å². The Morgan fingerprint density at radius 1 is 1.04 bits per heavy atom. The maximum absolute atomic E-state index is 14.0. The van der Waals surface area contributed by atoms with Gasteiger partial charge in [-0.2, -0.15) is 0 Å². The van der Waals surface area contributed by atoms with Crippen LogP contribution in [0.15, 0.2) is 36.4 Å². The van der Waals surface area contributed by atoms with Crippen molar-refractivity contribution in [3.05, 3.63) is 47.8 Å². The molecule has 2 aromatic rings. The zero-order valence-electron chi connectivity index (χ0n) is 12.3. The second kappa shape index (κ2) is 6.87. The van der Waals surface area contributed by atoms with E-state index in [0.717, 1.165) is 6.07 Å². The number of rotatable bonds is 5. The molecule has 0 aromatic heterocycles. The molecule has 0 aliphatic rings. The van der Waals surface area contributed by atoms with Crippen molar-refractivity contribution < 1.29 is 27.0 Å². The molecule has 124 valence electrons. The highest BCUT2D eigenvalue weighted by molar-refractivity contribution is 5.68. The third-order valence-corrected chi connectivity index (χ3v) is 2.98. The highest BCUT2D eigenvalue weighted by atomic mass is 19.4. The summed E-state index contributed by atoms with van der Waals surface area (Å²) < 4.78 is 60.7. The van der Waals surface area contributed by atoms with Gasteiger partial charge < -0.3 is 15.2 Å². The summed E-state index contributed by atoms with van der Waals surface area (Å²) in [6.45, 7) is 1.89. The molecular weight excluding hydrogens is 314 g/mol. The summed E-state index contributed by atoms with van der Waals surface area (Å²) in [4.78, 5) is 0. The number of ether oxygens (including phenoxy) is 2. The van der Waals surface area contributed by atoms with Crippen LogP contribution in [0.2, 0.25) is 0 Å². The zero-order valence-corrected chi connectivity index (χ0v) is 12.3. The van der Waals surface area contributed by atoms with Crippen LogP contribution in [0, 0.1) is 12.7 Å². The van der Waals surface area contributed by atoms with E-state index in [2.05, 4.69) is 4.74 Å². The monoisotopic (exact) mass is 329 g/mol. The first-order chi connectivity index (χ1) is 10.8. The van der Waals surface area contributed by atoms with Gasteiger partial charge in [-0.3, -0.25) is 0 Å². The van der Waals surface area contributed by atoms with Crippen molar-refractivity contribution in [2.24, 2.45) is 5.73 Å². The van der Waals surface area contributed by atoms with E-state index in [0.29, 0.717) is 5.56 Å². The van der Waals surface area contributed by atoms with E-state index >= 15 is 0 Å². The van der Waals surface area contributed by atoms with E-state index in [4.69, 9.17) is 10.5 Å². The Balaban J connectivity index is 2.44. The molecule has 0 spiro atoms. The molecule has 23 heavy (non-hydrogen) atoms. The van der Waals surface area contributed by atoms with E-state index in [1.54, 1.807) is 13.0 Å². The highest BCUT2D eigenvalue weighted by Gasteiger charge is 2.32. The third-order valence-electron chi connectivity index (χ3n) is 2.98. The van der Waals surface area contributed by atoms with Crippen molar-refractivity contribution in [2.45, 2.75) is 13.3 Å². The van der Waals surface area contributed by atoms with Gasteiger partial charge in [0.05, 0.1) is 0 Å². The number of nitrogens with two attached hydrogens (primary N) is 1. The number of hydrogen-bond donors (Lipinski definition) is 1. The summed E-state index contributed by atoms with van der Waals surface area (Å²) in [7, 11) is 0. The minimum atomic E-state index is -4.88. The maximum atomic E-state index is 14.0. The van der Waals surface area contributed by atoms with Crippen molar-refractivity contribution >= 4 is 0 Å². The van der Waals surface area contributed by atoms with E-state index < -0.39 is 17.9 Å². The molecule has 0 unspecified atom stereocenters. The summed E-state index contributed by atoms with van der Waals surface area (Å²) in [5, 5.41) is 0. The fourth-order valence-corrected chi connectivity index (χ4v) is 2.02. The van der Waals surface area contributed by atoms with Crippen molar-refractivity contribution in [3.63, 3.8) is 0 Å². The Kier molecular flexibility index (Phi) is 5.10. The number of benzene rings is 2. The number of halogens is 4. The molecule has 0 aliphatic carbocycles. The standard InChI is InChI=1S/C16H15F4NO2/c1-10-2-4-12(13(17)8-10)11-3-5-14(22-7-6-21)15(9-11)23-16(18,19)20/h2-5,8-9H,6-7,21H2,1H3. The number of aryl methyl sites for hydroxylation is 1. The summed E-state index contributed by atoms with van der Waals surface area (Å²) in [6.07, 6.45) is -4.88. The topological polar surface area (TPSA) is 44.5 Å². The van der Waals surface area contributed by atoms with Gasteiger partial charge in [0.15, 0.2) is 11.5 Å². The second-order valence-electron chi connectivity index (χ2n) is 4.83. The molecule has 0 heterocycles. The molecular formula is C16H15F4NO2. The first-order valence-corrected chi connectivity index (χ1v) is 6.79. The van der Waals surface area contributed by atoms with Gasteiger partial charge in [0.25, 0.3) is 0 Å². The number of alkyl halides is 3. The lowest BCUT2D eigenvalue weighted by atomic mass is 10.0. The second-order valence-corrected chi connectivity index (χ2v) is 4.83. The SMILES string of the molecule is Cc1ccc(-c2ccc(OCCN)c(OC(F)(F)F)c2)c(F)c1. The van der Waals surface area contributed by atoms with Gasteiger partial charge in [-0.1, -0.05) is 18.2 Å². The summed E-state index contributed by atoms with van der Waals surface area (Å²) in [5.41, 5.74) is 6.41. The van der Waals surface area contributed by atoms with Gasteiger partial charge >= 0.3 is 6.36 Å². The average molecular weight is 329 g/mol. The first-order valence-electron chi connectivity index (χ1n) is 6.79. The smallest absolute Gasteiger partial charge is 0.488 e. The minimum Gasteiger partial charge on any atom is -0.488 e. The van der Waals surface area contributed by atoms with Gasteiger partial charge in [0.2, 0.25) is 0 Å². The Morgan fingerprint density at radius 2 is 1.78 bits per heavy atom. The third kappa shape index (κ3) is 4.59. The molecule has 0 saturated heterocycles. The quantitative estimate of drug-likeness (QED) is 0.842. The summed E-state index contributed by atoms with van der Waals surface area (Å²) in [5.74, 6) is -1.17. The predicted octanol–water partition coefficient (Wildman–Crippen LogP) is 4.04. The highest BCUT2D eigenvalue weighted by Crippen LogP contribution is 2.36. The van der Waals surface area contributed by atoms with E-state index in [-0.39, 0.29) is 30.0 Å². The normalized spacial score (nSPS) is 11.4. The van der Waals surface area contributed by atoms with Crippen LogP contribution in [-0.4, -0.2) is 19.5 Å². The van der Waals surface area contributed by atoms with Gasteiger partial charge in [-0.25, -0.2) is 4.39 Å².